The fourth-order valence-electron chi connectivity index (χ4n) is 3.38. The maximum absolute atomic E-state index is 13.1. The summed E-state index contributed by atoms with van der Waals surface area (Å²) >= 11 is 0. The summed E-state index contributed by atoms with van der Waals surface area (Å²) in [5, 5.41) is 9.01. The third-order valence-electron chi connectivity index (χ3n) is 4.69. The number of nitrogens with zero attached hydrogens (tertiary/aromatic N) is 3. The van der Waals surface area contributed by atoms with Crippen LogP contribution in [0.4, 0.5) is 0 Å². The Morgan fingerprint density at radius 3 is 2.88 bits per heavy atom. The van der Waals surface area contributed by atoms with Crippen LogP contribution in [0.5, 0.6) is 0 Å². The van der Waals surface area contributed by atoms with E-state index in [9.17, 15) is 4.79 Å². The first-order valence-electron chi connectivity index (χ1n) is 8.28. The molecular weight excluding hydrogens is 320 g/mol. The van der Waals surface area contributed by atoms with E-state index in [1.807, 2.05) is 31.2 Å². The summed E-state index contributed by atoms with van der Waals surface area (Å²) in [5.41, 5.74) is 2.66. The van der Waals surface area contributed by atoms with Crippen molar-refractivity contribution in [2.75, 3.05) is 13.7 Å². The summed E-state index contributed by atoms with van der Waals surface area (Å²) in [6.07, 6.45) is 0.594. The number of rotatable bonds is 3. The molecule has 0 aliphatic carbocycles. The first-order chi connectivity index (χ1) is 12.0. The fourth-order valence-corrected chi connectivity index (χ4v) is 3.38. The van der Waals surface area contributed by atoms with Crippen LogP contribution in [-0.4, -0.2) is 45.7 Å². The van der Waals surface area contributed by atoms with Crippen LogP contribution in [0.3, 0.4) is 0 Å². The molecule has 3 heterocycles. The Balaban J connectivity index is 1.68. The fraction of sp³-hybridized carbons (Fsp3) is 0.389. The van der Waals surface area contributed by atoms with E-state index in [0.717, 1.165) is 16.5 Å². The molecule has 0 spiro atoms. The molecule has 7 heteroatoms. The third kappa shape index (κ3) is 2.80. The topological polar surface area (TPSA) is 84.2 Å². The number of carbonyl (C=O) groups is 1. The number of aryl methyl sites for hydroxylation is 2. The minimum atomic E-state index is -0.271. The van der Waals surface area contributed by atoms with E-state index in [1.54, 1.807) is 18.9 Å². The molecule has 1 amide bonds. The molecule has 0 radical (unpaired) electrons. The van der Waals surface area contributed by atoms with Gasteiger partial charge < -0.3 is 19.0 Å². The summed E-state index contributed by atoms with van der Waals surface area (Å²) in [5.74, 6) is 0.857. The number of fused-ring (bicyclic) bond motifs is 1. The first kappa shape index (κ1) is 15.8. The number of likely N-dealkylation sites (tertiary alicyclic amines) is 1. The van der Waals surface area contributed by atoms with E-state index < -0.39 is 0 Å². The van der Waals surface area contributed by atoms with Gasteiger partial charge >= 0.3 is 0 Å². The molecular formula is C18H20N4O3. The highest BCUT2D eigenvalue weighted by molar-refractivity contribution is 5.98. The maximum atomic E-state index is 13.1. The zero-order valence-electron chi connectivity index (χ0n) is 14.4. The summed E-state index contributed by atoms with van der Waals surface area (Å²) < 4.78 is 11.0. The molecule has 7 nitrogen and oxygen atoms in total. The van der Waals surface area contributed by atoms with Crippen LogP contribution in [0.25, 0.3) is 10.9 Å². The van der Waals surface area contributed by atoms with Crippen LogP contribution in [0.1, 0.15) is 40.3 Å². The van der Waals surface area contributed by atoms with Gasteiger partial charge in [-0.15, -0.1) is 10.2 Å². The quantitative estimate of drug-likeness (QED) is 0.792. The summed E-state index contributed by atoms with van der Waals surface area (Å²) in [4.78, 5) is 18.1. The second-order valence-electron chi connectivity index (χ2n) is 6.50. The smallest absolute Gasteiger partial charge is 0.271 e. The van der Waals surface area contributed by atoms with Crippen LogP contribution in [0, 0.1) is 13.8 Å². The molecule has 130 valence electrons. The average Bonchev–Trinajstić information content (AvgIpc) is 3.30. The maximum Gasteiger partial charge on any atom is 0.271 e. The molecule has 1 saturated heterocycles. The summed E-state index contributed by atoms with van der Waals surface area (Å²) in [6, 6.07) is 7.69. The number of benzene rings is 1. The Labute approximate surface area is 145 Å². The molecule has 2 atom stereocenters. The highest BCUT2D eigenvalue weighted by atomic mass is 16.5. The number of hydrogen-bond acceptors (Lipinski definition) is 5. The Morgan fingerprint density at radius 1 is 1.32 bits per heavy atom. The lowest BCUT2D eigenvalue weighted by Crippen LogP contribution is -2.32. The number of aromatic nitrogens is 3. The van der Waals surface area contributed by atoms with Crippen LogP contribution >= 0.6 is 0 Å². The van der Waals surface area contributed by atoms with Gasteiger partial charge in [-0.3, -0.25) is 4.79 Å². The Kier molecular flexibility index (Phi) is 3.80. The molecule has 0 bridgehead atoms. The molecule has 2 aromatic heterocycles. The van der Waals surface area contributed by atoms with E-state index in [1.165, 1.54) is 0 Å². The average molecular weight is 340 g/mol. The number of amides is 1. The van der Waals surface area contributed by atoms with E-state index in [2.05, 4.69) is 15.2 Å². The van der Waals surface area contributed by atoms with Crippen molar-refractivity contribution in [3.05, 3.63) is 47.3 Å². The summed E-state index contributed by atoms with van der Waals surface area (Å²) in [6.45, 7) is 4.26. The van der Waals surface area contributed by atoms with Gasteiger partial charge in [0.2, 0.25) is 11.8 Å². The van der Waals surface area contributed by atoms with Crippen molar-refractivity contribution in [3.8, 4) is 0 Å². The van der Waals surface area contributed by atoms with Crippen molar-refractivity contribution < 1.29 is 13.9 Å². The van der Waals surface area contributed by atoms with Crippen molar-refractivity contribution in [3.63, 3.8) is 0 Å². The van der Waals surface area contributed by atoms with Gasteiger partial charge in [0, 0.05) is 37.9 Å². The lowest BCUT2D eigenvalue weighted by Gasteiger charge is -2.21. The normalized spacial score (nSPS) is 20.5. The Hall–Kier alpha value is -2.67. The summed E-state index contributed by atoms with van der Waals surface area (Å²) in [7, 11) is 1.65. The predicted octanol–water partition coefficient (Wildman–Crippen LogP) is 2.77. The van der Waals surface area contributed by atoms with Crippen LogP contribution in [-0.2, 0) is 4.74 Å². The standard InChI is InChI=1S/C18H20N4O3/c1-10-4-5-12-7-15(19-14(12)6-10)18(23)22-9-13(24-3)8-16(22)17-21-20-11(2)25-17/h4-7,13,16,19H,8-9H2,1-3H3/t13-,16-/m1/s1. The minimum absolute atomic E-state index is 0.0484. The molecule has 0 unspecified atom stereocenters. The van der Waals surface area contributed by atoms with Crippen LogP contribution < -0.4 is 0 Å². The number of ether oxygens (including phenoxy) is 1. The monoisotopic (exact) mass is 340 g/mol. The lowest BCUT2D eigenvalue weighted by atomic mass is 10.2. The van der Waals surface area contributed by atoms with Gasteiger partial charge in [0.25, 0.3) is 5.91 Å². The molecule has 4 rings (SSSR count). The number of aromatic amines is 1. The Morgan fingerprint density at radius 2 is 2.16 bits per heavy atom. The molecule has 1 aromatic carbocycles. The largest absolute Gasteiger partial charge is 0.423 e. The Bertz CT molecular complexity index is 929. The first-order valence-corrected chi connectivity index (χ1v) is 8.28. The number of methoxy groups -OCH3 is 1. The zero-order valence-corrected chi connectivity index (χ0v) is 14.4. The van der Waals surface area contributed by atoms with E-state index in [4.69, 9.17) is 9.15 Å². The number of hydrogen-bond donors (Lipinski definition) is 1. The van der Waals surface area contributed by atoms with Crippen molar-refractivity contribution in [1.29, 1.82) is 0 Å². The van der Waals surface area contributed by atoms with Gasteiger partial charge in [0.05, 0.1) is 6.10 Å². The highest BCUT2D eigenvalue weighted by Gasteiger charge is 2.40. The number of H-pyrrole nitrogens is 1. The molecule has 25 heavy (non-hydrogen) atoms. The van der Waals surface area contributed by atoms with Crippen molar-refractivity contribution in [1.82, 2.24) is 20.1 Å². The third-order valence-corrected chi connectivity index (χ3v) is 4.69. The van der Waals surface area contributed by atoms with Crippen molar-refractivity contribution >= 4 is 16.8 Å². The molecule has 3 aromatic rings. The second-order valence-corrected chi connectivity index (χ2v) is 6.50. The molecule has 1 aliphatic heterocycles. The number of carbonyl (C=O) groups excluding carboxylic acids is 1. The van der Waals surface area contributed by atoms with Gasteiger partial charge in [-0.2, -0.15) is 0 Å². The van der Waals surface area contributed by atoms with E-state index in [0.29, 0.717) is 30.4 Å². The van der Waals surface area contributed by atoms with E-state index in [-0.39, 0.29) is 18.1 Å². The molecule has 1 fully saturated rings. The predicted molar refractivity (Wildman–Crippen MR) is 91.3 cm³/mol. The lowest BCUT2D eigenvalue weighted by molar-refractivity contribution is 0.0669. The SMILES string of the molecule is CO[C@@H]1C[C@H](c2nnc(C)o2)N(C(=O)c2cc3ccc(C)cc3[nH]2)C1. The van der Waals surface area contributed by atoms with Crippen LogP contribution in [0.2, 0.25) is 0 Å². The van der Waals surface area contributed by atoms with Gasteiger partial charge in [0.15, 0.2) is 0 Å². The van der Waals surface area contributed by atoms with E-state index >= 15 is 0 Å². The molecule has 1 N–H and O–H groups in total. The van der Waals surface area contributed by atoms with Crippen molar-refractivity contribution in [2.45, 2.75) is 32.4 Å². The van der Waals surface area contributed by atoms with Gasteiger partial charge in [0.1, 0.15) is 11.7 Å². The van der Waals surface area contributed by atoms with Gasteiger partial charge in [-0.25, -0.2) is 0 Å². The minimum Gasteiger partial charge on any atom is -0.423 e. The van der Waals surface area contributed by atoms with Gasteiger partial charge in [-0.05, 0) is 24.6 Å². The van der Waals surface area contributed by atoms with Gasteiger partial charge in [-0.1, -0.05) is 12.1 Å². The molecule has 1 aliphatic rings. The highest BCUT2D eigenvalue weighted by Crippen LogP contribution is 2.34. The molecule has 0 saturated carbocycles. The van der Waals surface area contributed by atoms with Crippen molar-refractivity contribution in [2.24, 2.45) is 0 Å². The van der Waals surface area contributed by atoms with Crippen LogP contribution in [0.15, 0.2) is 28.7 Å². The second kappa shape index (κ2) is 6.00. The number of nitrogens with one attached hydrogen (secondary N) is 1. The zero-order chi connectivity index (χ0) is 17.6.